The van der Waals surface area contributed by atoms with Crippen molar-refractivity contribution in [3.8, 4) is 5.88 Å². The summed E-state index contributed by atoms with van der Waals surface area (Å²) < 4.78 is 34.0. The van der Waals surface area contributed by atoms with Gasteiger partial charge < -0.3 is 9.84 Å². The van der Waals surface area contributed by atoms with Crippen LogP contribution in [-0.4, -0.2) is 36.8 Å². The van der Waals surface area contributed by atoms with E-state index in [9.17, 15) is 18.3 Å². The largest absolute Gasteiger partial charge is 0.493 e. The Bertz CT molecular complexity index is 1210. The second kappa shape index (κ2) is 9.76. The van der Waals surface area contributed by atoms with Gasteiger partial charge in [0, 0.05) is 18.0 Å². The number of nitrogens with zero attached hydrogens (tertiary/aromatic N) is 2. The van der Waals surface area contributed by atoms with Crippen LogP contribution >= 0.6 is 15.9 Å². The number of aromatic hydroxyl groups is 1. The molecule has 0 aliphatic heterocycles. The zero-order chi connectivity index (χ0) is 22.6. The van der Waals surface area contributed by atoms with E-state index in [2.05, 4.69) is 20.9 Å². The maximum atomic E-state index is 13.3. The molecule has 0 fully saturated rings. The van der Waals surface area contributed by atoms with Crippen LogP contribution in [0.5, 0.6) is 5.88 Å². The summed E-state index contributed by atoms with van der Waals surface area (Å²) in [6, 6.07) is 14.5. The van der Waals surface area contributed by atoms with Crippen molar-refractivity contribution in [3.05, 3.63) is 80.8 Å². The number of aryl methyl sites for hydroxylation is 1. The molecule has 0 saturated carbocycles. The number of methoxy groups -OCH3 is 1. The Morgan fingerprint density at radius 2 is 1.77 bits per heavy atom. The highest BCUT2D eigenvalue weighted by Crippen LogP contribution is 2.32. The molecular formula is C22H23BrN2O5S. The first kappa shape index (κ1) is 23.2. The third kappa shape index (κ3) is 4.73. The topological polar surface area (TPSA) is 98.5 Å². The summed E-state index contributed by atoms with van der Waals surface area (Å²) in [5, 5.41) is 11.2. The third-order valence-electron chi connectivity index (χ3n) is 4.82. The molecule has 0 aliphatic rings. The van der Waals surface area contributed by atoms with Crippen molar-refractivity contribution < 1.29 is 18.3 Å². The van der Waals surface area contributed by atoms with Crippen molar-refractivity contribution in [1.29, 1.82) is 0 Å². The number of halogens is 1. The minimum atomic E-state index is -4.31. The van der Waals surface area contributed by atoms with Gasteiger partial charge in [0.25, 0.3) is 5.56 Å². The lowest BCUT2D eigenvalue weighted by Crippen LogP contribution is -2.29. The molecule has 31 heavy (non-hydrogen) atoms. The van der Waals surface area contributed by atoms with Gasteiger partial charge in [0.2, 0.25) is 15.7 Å². The molecule has 0 radical (unpaired) electrons. The highest BCUT2D eigenvalue weighted by Gasteiger charge is 2.32. The summed E-state index contributed by atoms with van der Waals surface area (Å²) in [6.45, 7) is 2.06. The number of benzene rings is 2. The molecule has 0 unspecified atom stereocenters. The van der Waals surface area contributed by atoms with Crippen molar-refractivity contribution in [2.45, 2.75) is 35.6 Å². The van der Waals surface area contributed by atoms with E-state index < -0.39 is 32.2 Å². The third-order valence-corrected chi connectivity index (χ3v) is 7.14. The summed E-state index contributed by atoms with van der Waals surface area (Å²) in [4.78, 5) is 16.0. The van der Waals surface area contributed by atoms with E-state index >= 15 is 0 Å². The predicted octanol–water partition coefficient (Wildman–Crippen LogP) is 3.73. The number of hydrogen-bond acceptors (Lipinski definition) is 6. The Morgan fingerprint density at radius 1 is 1.13 bits per heavy atom. The Morgan fingerprint density at radius 3 is 2.35 bits per heavy atom. The van der Waals surface area contributed by atoms with Crippen molar-refractivity contribution >= 4 is 25.8 Å². The minimum Gasteiger partial charge on any atom is -0.493 e. The molecule has 0 bridgehead atoms. The van der Waals surface area contributed by atoms with Gasteiger partial charge in [-0.25, -0.2) is 8.42 Å². The van der Waals surface area contributed by atoms with Gasteiger partial charge >= 0.3 is 0 Å². The van der Waals surface area contributed by atoms with E-state index in [1.807, 2.05) is 37.3 Å². The summed E-state index contributed by atoms with van der Waals surface area (Å²) in [5.41, 5.74) is -0.196. The lowest BCUT2D eigenvalue weighted by atomic mass is 10.1. The van der Waals surface area contributed by atoms with E-state index in [0.29, 0.717) is 23.1 Å². The highest BCUT2D eigenvalue weighted by molar-refractivity contribution is 9.10. The molecular weight excluding hydrogens is 484 g/mol. The molecule has 164 valence electrons. The molecule has 0 saturated heterocycles. The van der Waals surface area contributed by atoms with Crippen LogP contribution in [0, 0.1) is 0 Å². The normalized spacial score (nSPS) is 12.6. The molecule has 0 aliphatic carbocycles. The van der Waals surface area contributed by atoms with Gasteiger partial charge in [0.05, 0.1) is 17.5 Å². The zero-order valence-electron chi connectivity index (χ0n) is 17.2. The van der Waals surface area contributed by atoms with Gasteiger partial charge in [0.1, 0.15) is 5.82 Å². The standard InChI is InChI=1S/C22H23BrN2O5S/c1-3-7-19-24-21(26)20(31(28,29)17-12-10-16(23)11-13-17)22(27)25(19)18(14-30-2)15-8-5-4-6-9-15/h4-6,8-13,18,27H,3,7,14H2,1-2H3/t18-/m0/s1. The number of aromatic nitrogens is 2. The van der Waals surface area contributed by atoms with Crippen molar-refractivity contribution in [3.63, 3.8) is 0 Å². The van der Waals surface area contributed by atoms with Gasteiger partial charge in [0.15, 0.2) is 4.90 Å². The minimum absolute atomic E-state index is 0.109. The summed E-state index contributed by atoms with van der Waals surface area (Å²) >= 11 is 3.26. The van der Waals surface area contributed by atoms with Crippen LogP contribution in [0.1, 0.15) is 30.8 Å². The van der Waals surface area contributed by atoms with Crippen LogP contribution in [0.4, 0.5) is 0 Å². The first-order valence-corrected chi connectivity index (χ1v) is 12.0. The van der Waals surface area contributed by atoms with Crippen LogP contribution in [-0.2, 0) is 21.0 Å². The number of hydrogen-bond donors (Lipinski definition) is 1. The summed E-state index contributed by atoms with van der Waals surface area (Å²) in [6.07, 6.45) is 1.04. The van der Waals surface area contributed by atoms with Crippen LogP contribution in [0.15, 0.2) is 73.7 Å². The van der Waals surface area contributed by atoms with Gasteiger partial charge in [-0.2, -0.15) is 4.98 Å². The van der Waals surface area contributed by atoms with E-state index in [1.165, 1.54) is 23.8 Å². The highest BCUT2D eigenvalue weighted by atomic mass is 79.9. The second-order valence-corrected chi connectivity index (χ2v) is 9.75. The van der Waals surface area contributed by atoms with Crippen LogP contribution in [0.25, 0.3) is 0 Å². The Labute approximate surface area is 189 Å². The molecule has 2 aromatic carbocycles. The Kier molecular flexibility index (Phi) is 7.30. The fourth-order valence-corrected chi connectivity index (χ4v) is 5.00. The van der Waals surface area contributed by atoms with Crippen LogP contribution < -0.4 is 5.56 Å². The Hall–Kier alpha value is -2.49. The molecule has 1 heterocycles. The first-order valence-electron chi connectivity index (χ1n) is 9.70. The predicted molar refractivity (Wildman–Crippen MR) is 120 cm³/mol. The zero-order valence-corrected chi connectivity index (χ0v) is 19.6. The van der Waals surface area contributed by atoms with Gasteiger partial charge in [-0.1, -0.05) is 53.2 Å². The maximum absolute atomic E-state index is 13.3. The molecule has 0 amide bonds. The molecule has 1 N–H and O–H groups in total. The van der Waals surface area contributed by atoms with Crippen LogP contribution in [0.2, 0.25) is 0 Å². The molecule has 3 aromatic rings. The Balaban J connectivity index is 2.30. The summed E-state index contributed by atoms with van der Waals surface area (Å²) in [5.74, 6) is -0.345. The quantitative estimate of drug-likeness (QED) is 0.499. The fraction of sp³-hybridized carbons (Fsp3) is 0.273. The molecule has 3 rings (SSSR count). The first-order chi connectivity index (χ1) is 14.8. The molecule has 1 aromatic heterocycles. The second-order valence-electron chi connectivity index (χ2n) is 6.95. The van der Waals surface area contributed by atoms with Gasteiger partial charge in [-0.15, -0.1) is 0 Å². The smallest absolute Gasteiger partial charge is 0.296 e. The lowest BCUT2D eigenvalue weighted by molar-refractivity contribution is 0.161. The maximum Gasteiger partial charge on any atom is 0.296 e. The molecule has 0 spiro atoms. The summed E-state index contributed by atoms with van der Waals surface area (Å²) in [7, 11) is -2.79. The number of sulfone groups is 1. The van der Waals surface area contributed by atoms with Crippen molar-refractivity contribution in [2.24, 2.45) is 0 Å². The molecule has 1 atom stereocenters. The lowest BCUT2D eigenvalue weighted by Gasteiger charge is -2.25. The monoisotopic (exact) mass is 506 g/mol. The van der Waals surface area contributed by atoms with Crippen molar-refractivity contribution in [2.75, 3.05) is 13.7 Å². The fourth-order valence-electron chi connectivity index (χ4n) is 3.40. The van der Waals surface area contributed by atoms with Crippen molar-refractivity contribution in [1.82, 2.24) is 9.55 Å². The average molecular weight is 507 g/mol. The number of ether oxygens (including phenoxy) is 1. The SMILES string of the molecule is CCCc1nc(=O)c(S(=O)(=O)c2ccc(Br)cc2)c(O)n1[C@@H](COC)c1ccccc1. The van der Waals surface area contributed by atoms with Crippen LogP contribution in [0.3, 0.4) is 0 Å². The molecule has 9 heteroatoms. The van der Waals surface area contributed by atoms with E-state index in [1.54, 1.807) is 12.1 Å². The molecule has 7 nitrogen and oxygen atoms in total. The van der Waals surface area contributed by atoms with E-state index in [4.69, 9.17) is 4.74 Å². The average Bonchev–Trinajstić information content (AvgIpc) is 2.74. The number of rotatable bonds is 8. The van der Waals surface area contributed by atoms with Gasteiger partial charge in [-0.05, 0) is 36.2 Å². The van der Waals surface area contributed by atoms with E-state index in [-0.39, 0.29) is 11.5 Å². The van der Waals surface area contributed by atoms with Gasteiger partial charge in [-0.3, -0.25) is 9.36 Å². The van der Waals surface area contributed by atoms with E-state index in [0.717, 1.165) is 5.56 Å².